The summed E-state index contributed by atoms with van der Waals surface area (Å²) in [5.74, 6) is -2.63. The molecule has 6 nitrogen and oxygen atoms in total. The fraction of sp³-hybridized carbons (Fsp3) is 0.154. The van der Waals surface area contributed by atoms with Crippen LogP contribution in [0.2, 0.25) is 5.02 Å². The predicted molar refractivity (Wildman–Crippen MR) is 127 cm³/mol. The molecule has 1 amide bonds. The van der Waals surface area contributed by atoms with Gasteiger partial charge in [-0.3, -0.25) is 14.5 Å². The van der Waals surface area contributed by atoms with Crippen LogP contribution in [0.3, 0.4) is 0 Å². The molecule has 2 N–H and O–H groups in total. The quantitative estimate of drug-likeness (QED) is 0.285. The van der Waals surface area contributed by atoms with Crippen LogP contribution in [0.1, 0.15) is 29.7 Å². The van der Waals surface area contributed by atoms with Gasteiger partial charge in [-0.05, 0) is 79.6 Å². The van der Waals surface area contributed by atoms with Gasteiger partial charge in [0.1, 0.15) is 11.6 Å². The van der Waals surface area contributed by atoms with E-state index in [0.29, 0.717) is 21.8 Å². The maximum Gasteiger partial charge on any atom is 0.300 e. The summed E-state index contributed by atoms with van der Waals surface area (Å²) in [5.41, 5.74) is 1.52. The van der Waals surface area contributed by atoms with E-state index >= 15 is 0 Å². The van der Waals surface area contributed by atoms with Crippen molar-refractivity contribution in [1.29, 1.82) is 0 Å². The highest BCUT2D eigenvalue weighted by Gasteiger charge is 2.47. The van der Waals surface area contributed by atoms with Gasteiger partial charge < -0.3 is 14.9 Å². The zero-order valence-electron chi connectivity index (χ0n) is 18.4. The van der Waals surface area contributed by atoms with Crippen molar-refractivity contribution in [1.82, 2.24) is 0 Å². The number of amides is 1. The van der Waals surface area contributed by atoms with E-state index in [1.165, 1.54) is 29.2 Å². The molecule has 4 rings (SSSR count). The van der Waals surface area contributed by atoms with Gasteiger partial charge in [-0.1, -0.05) is 17.7 Å². The number of hydrogen-bond donors (Lipinski definition) is 2. The third-order valence-corrected chi connectivity index (χ3v) is 5.81. The Kier molecular flexibility index (Phi) is 6.30. The first-order chi connectivity index (χ1) is 16.2. The molecule has 0 aromatic heterocycles. The molecule has 1 heterocycles. The fourth-order valence-corrected chi connectivity index (χ4v) is 4.25. The van der Waals surface area contributed by atoms with E-state index < -0.39 is 29.3 Å². The molecule has 1 saturated heterocycles. The van der Waals surface area contributed by atoms with Gasteiger partial charge in [0, 0.05) is 16.3 Å². The SMILES string of the molecule is CCOc1cc(C2/C(=C(\O)c3ccc(F)cc3)C(=O)C(=O)N2c2ccc(Cl)cc2C)ccc1O. The molecule has 1 fully saturated rings. The number of aliphatic hydroxyl groups is 1. The van der Waals surface area contributed by atoms with Crippen LogP contribution < -0.4 is 9.64 Å². The molecule has 1 aliphatic heterocycles. The second-order valence-electron chi connectivity index (χ2n) is 7.77. The van der Waals surface area contributed by atoms with Crippen LogP contribution >= 0.6 is 11.6 Å². The minimum Gasteiger partial charge on any atom is -0.507 e. The molecule has 0 saturated carbocycles. The molecular weight excluding hydrogens is 461 g/mol. The largest absolute Gasteiger partial charge is 0.507 e. The first-order valence-electron chi connectivity index (χ1n) is 10.5. The first-order valence-corrected chi connectivity index (χ1v) is 10.9. The van der Waals surface area contributed by atoms with Crippen LogP contribution in [-0.4, -0.2) is 28.5 Å². The van der Waals surface area contributed by atoms with Crippen LogP contribution in [0, 0.1) is 12.7 Å². The summed E-state index contributed by atoms with van der Waals surface area (Å²) in [6, 6.07) is 13.3. The number of phenolic OH excluding ortho intramolecular Hbond substituents is 1. The van der Waals surface area contributed by atoms with Crippen LogP contribution in [0.25, 0.3) is 5.76 Å². The van der Waals surface area contributed by atoms with E-state index in [1.54, 1.807) is 38.1 Å². The van der Waals surface area contributed by atoms with Gasteiger partial charge in [-0.15, -0.1) is 0 Å². The Morgan fingerprint density at radius 2 is 1.79 bits per heavy atom. The van der Waals surface area contributed by atoms with Crippen LogP contribution in [0.5, 0.6) is 11.5 Å². The number of Topliss-reactive ketones (excluding diaryl/α,β-unsaturated/α-hetero) is 1. The van der Waals surface area contributed by atoms with Crippen LogP contribution in [0.4, 0.5) is 10.1 Å². The molecule has 1 aliphatic rings. The molecule has 0 radical (unpaired) electrons. The molecular formula is C26H21ClFNO5. The lowest BCUT2D eigenvalue weighted by Crippen LogP contribution is -2.30. The average Bonchev–Trinajstić information content (AvgIpc) is 3.06. The van der Waals surface area contributed by atoms with E-state index in [2.05, 4.69) is 0 Å². The molecule has 174 valence electrons. The number of halogens is 2. The number of benzene rings is 3. The molecule has 0 aliphatic carbocycles. The Balaban J connectivity index is 1.98. The number of nitrogens with zero attached hydrogens (tertiary/aromatic N) is 1. The lowest BCUT2D eigenvalue weighted by atomic mass is 9.94. The number of hydrogen-bond acceptors (Lipinski definition) is 5. The van der Waals surface area contributed by atoms with Crippen molar-refractivity contribution >= 4 is 34.7 Å². The lowest BCUT2D eigenvalue weighted by molar-refractivity contribution is -0.132. The Bertz CT molecular complexity index is 1320. The predicted octanol–water partition coefficient (Wildman–Crippen LogP) is 5.52. The summed E-state index contributed by atoms with van der Waals surface area (Å²) in [6.45, 7) is 3.78. The van der Waals surface area contributed by atoms with E-state index in [4.69, 9.17) is 16.3 Å². The van der Waals surface area contributed by atoms with Gasteiger partial charge in [0.15, 0.2) is 11.5 Å². The van der Waals surface area contributed by atoms with E-state index in [9.17, 15) is 24.2 Å². The summed E-state index contributed by atoms with van der Waals surface area (Å²) in [7, 11) is 0. The summed E-state index contributed by atoms with van der Waals surface area (Å²) >= 11 is 6.09. The maximum atomic E-state index is 13.4. The zero-order chi connectivity index (χ0) is 24.6. The number of aliphatic hydroxyl groups excluding tert-OH is 1. The Hall–Kier alpha value is -3.84. The van der Waals surface area contributed by atoms with Crippen molar-refractivity contribution in [3.05, 3.63) is 93.8 Å². The number of aromatic hydroxyl groups is 1. The Labute approximate surface area is 200 Å². The van der Waals surface area contributed by atoms with Crippen molar-refractivity contribution in [2.45, 2.75) is 19.9 Å². The number of rotatable bonds is 5. The van der Waals surface area contributed by atoms with Gasteiger partial charge >= 0.3 is 0 Å². The highest BCUT2D eigenvalue weighted by molar-refractivity contribution is 6.51. The van der Waals surface area contributed by atoms with E-state index in [1.807, 2.05) is 0 Å². The third kappa shape index (κ3) is 4.10. The summed E-state index contributed by atoms with van der Waals surface area (Å²) in [4.78, 5) is 27.8. The second-order valence-corrected chi connectivity index (χ2v) is 8.20. The van der Waals surface area contributed by atoms with Gasteiger partial charge in [0.25, 0.3) is 11.7 Å². The standard InChI is InChI=1S/C26H21ClFNO5/c1-3-34-21-13-16(6-11-20(21)30)23-22(24(31)15-4-8-18(28)9-5-15)25(32)26(33)29(23)19-10-7-17(27)12-14(19)2/h4-13,23,30-31H,3H2,1-2H3/b24-22+. The van der Waals surface area contributed by atoms with Crippen molar-refractivity contribution in [3.63, 3.8) is 0 Å². The van der Waals surface area contributed by atoms with Crippen molar-refractivity contribution in [2.24, 2.45) is 0 Å². The molecule has 34 heavy (non-hydrogen) atoms. The normalized spacial score (nSPS) is 17.3. The van der Waals surface area contributed by atoms with Crippen LogP contribution in [-0.2, 0) is 9.59 Å². The lowest BCUT2D eigenvalue weighted by Gasteiger charge is -2.27. The highest BCUT2D eigenvalue weighted by Crippen LogP contribution is 2.45. The average molecular weight is 482 g/mol. The van der Waals surface area contributed by atoms with Gasteiger partial charge in [-0.2, -0.15) is 0 Å². The van der Waals surface area contributed by atoms with Gasteiger partial charge in [-0.25, -0.2) is 4.39 Å². The van der Waals surface area contributed by atoms with Crippen molar-refractivity contribution in [3.8, 4) is 11.5 Å². The number of carbonyl (C=O) groups excluding carboxylic acids is 2. The highest BCUT2D eigenvalue weighted by atomic mass is 35.5. The molecule has 3 aromatic rings. The molecule has 3 aromatic carbocycles. The molecule has 0 spiro atoms. The monoisotopic (exact) mass is 481 g/mol. The van der Waals surface area contributed by atoms with Gasteiger partial charge in [0.05, 0.1) is 18.2 Å². The molecule has 8 heteroatoms. The third-order valence-electron chi connectivity index (χ3n) is 5.58. The van der Waals surface area contributed by atoms with Crippen molar-refractivity contribution in [2.75, 3.05) is 11.5 Å². The zero-order valence-corrected chi connectivity index (χ0v) is 19.1. The first kappa shape index (κ1) is 23.3. The number of ether oxygens (including phenoxy) is 1. The summed E-state index contributed by atoms with van der Waals surface area (Å²) in [6.07, 6.45) is 0. The number of ketones is 1. The summed E-state index contributed by atoms with van der Waals surface area (Å²) in [5, 5.41) is 21.7. The van der Waals surface area contributed by atoms with Gasteiger partial charge in [0.2, 0.25) is 0 Å². The molecule has 1 unspecified atom stereocenters. The number of anilines is 1. The Morgan fingerprint density at radius 1 is 1.09 bits per heavy atom. The topological polar surface area (TPSA) is 87.1 Å². The van der Waals surface area contributed by atoms with Crippen LogP contribution in [0.15, 0.2) is 66.2 Å². The van der Waals surface area contributed by atoms with E-state index in [0.717, 1.165) is 12.1 Å². The number of phenols is 1. The number of carbonyl (C=O) groups is 2. The Morgan fingerprint density at radius 3 is 2.44 bits per heavy atom. The minimum atomic E-state index is -1.04. The molecule has 1 atom stereocenters. The van der Waals surface area contributed by atoms with E-state index in [-0.39, 0.29) is 29.2 Å². The second kappa shape index (κ2) is 9.19. The maximum absolute atomic E-state index is 13.4. The summed E-state index contributed by atoms with van der Waals surface area (Å²) < 4.78 is 18.9. The minimum absolute atomic E-state index is 0.108. The fourth-order valence-electron chi connectivity index (χ4n) is 4.02. The number of aryl methyl sites for hydroxylation is 1. The smallest absolute Gasteiger partial charge is 0.300 e. The van der Waals surface area contributed by atoms with Crippen molar-refractivity contribution < 1.29 is 28.9 Å². The molecule has 0 bridgehead atoms.